The molecule has 0 saturated heterocycles. The highest BCUT2D eigenvalue weighted by Gasteiger charge is 2.14. The Bertz CT molecular complexity index is 1390. The van der Waals surface area contributed by atoms with E-state index in [1.165, 1.54) is 5.56 Å². The van der Waals surface area contributed by atoms with Gasteiger partial charge in [-0.15, -0.1) is 0 Å². The molecule has 0 spiro atoms. The molecule has 0 atom stereocenters. The van der Waals surface area contributed by atoms with Crippen molar-refractivity contribution in [2.24, 2.45) is 11.5 Å². The normalized spacial score (nSPS) is 11.6. The molecule has 4 N–H and O–H groups in total. The molecule has 3 aromatic carbocycles. The molecule has 5 aromatic rings. The number of aromatic nitrogens is 1. The lowest BCUT2D eigenvalue weighted by atomic mass is 9.97. The number of rotatable bonds is 6. The summed E-state index contributed by atoms with van der Waals surface area (Å²) in [6.45, 7) is 1.14. The van der Waals surface area contributed by atoms with E-state index in [1.807, 2.05) is 30.3 Å². The Morgan fingerprint density at radius 1 is 0.967 bits per heavy atom. The zero-order valence-corrected chi connectivity index (χ0v) is 16.6. The van der Waals surface area contributed by atoms with Gasteiger partial charge >= 0.3 is 0 Å². The maximum absolute atomic E-state index is 11.3. The van der Waals surface area contributed by atoms with Crippen molar-refractivity contribution in [3.8, 4) is 11.1 Å². The molecule has 2 heterocycles. The lowest BCUT2D eigenvalue weighted by Crippen LogP contribution is -2.13. The molecule has 5 heteroatoms. The van der Waals surface area contributed by atoms with Crippen molar-refractivity contribution in [1.82, 2.24) is 4.57 Å². The molecule has 0 radical (unpaired) electrons. The van der Waals surface area contributed by atoms with Gasteiger partial charge in [-0.05, 0) is 53.9 Å². The van der Waals surface area contributed by atoms with E-state index in [4.69, 9.17) is 15.9 Å². The molecule has 0 aliphatic heterocycles. The summed E-state index contributed by atoms with van der Waals surface area (Å²) in [6.07, 6.45) is 3.19. The maximum Gasteiger partial charge on any atom is 0.219 e. The molecule has 0 saturated carbocycles. The summed E-state index contributed by atoms with van der Waals surface area (Å²) < 4.78 is 8.16. The van der Waals surface area contributed by atoms with Crippen molar-refractivity contribution in [1.29, 1.82) is 0 Å². The van der Waals surface area contributed by atoms with Crippen LogP contribution in [-0.2, 0) is 17.8 Å². The molecule has 5 rings (SSSR count). The predicted octanol–water partition coefficient (Wildman–Crippen LogP) is 4.58. The predicted molar refractivity (Wildman–Crippen MR) is 121 cm³/mol. The van der Waals surface area contributed by atoms with Gasteiger partial charge in [-0.2, -0.15) is 0 Å². The lowest BCUT2D eigenvalue weighted by Gasteiger charge is -2.07. The average Bonchev–Trinajstić information content (AvgIpc) is 3.30. The second kappa shape index (κ2) is 7.35. The highest BCUT2D eigenvalue weighted by molar-refractivity contribution is 6.12. The molecule has 0 bridgehead atoms. The van der Waals surface area contributed by atoms with Crippen molar-refractivity contribution in [3.05, 3.63) is 72.4 Å². The first-order chi connectivity index (χ1) is 14.7. The number of hydrogen-bond acceptors (Lipinski definition) is 3. The Labute approximate surface area is 173 Å². The number of aryl methyl sites for hydroxylation is 1. The summed E-state index contributed by atoms with van der Waals surface area (Å²) in [5.41, 5.74) is 17.5. The summed E-state index contributed by atoms with van der Waals surface area (Å²) in [7, 11) is 0. The van der Waals surface area contributed by atoms with Crippen LogP contribution in [0.2, 0.25) is 0 Å². The summed E-state index contributed by atoms with van der Waals surface area (Å²) in [6, 6.07) is 20.8. The maximum atomic E-state index is 11.3. The topological polar surface area (TPSA) is 87.2 Å². The molecule has 1 amide bonds. The number of carbonyl (C=O) groups is 1. The number of carbonyl (C=O) groups excluding carboxylic acids is 1. The number of furan rings is 1. The standard InChI is InChI=1S/C25H23N3O2/c26-12-10-17-15-28(13-11-24(27)29)21-9-8-16(14-20(17)21)18-5-3-7-23-25(18)19-4-1-2-6-22(19)30-23/h1-9,14-15H,10-13,26H2,(H2,27,29). The van der Waals surface area contributed by atoms with E-state index in [2.05, 4.69) is 41.1 Å². The van der Waals surface area contributed by atoms with E-state index in [-0.39, 0.29) is 5.91 Å². The zero-order valence-electron chi connectivity index (χ0n) is 16.6. The van der Waals surface area contributed by atoms with Gasteiger partial charge in [0.25, 0.3) is 0 Å². The molecule has 0 fully saturated rings. The number of amides is 1. The quantitative estimate of drug-likeness (QED) is 0.439. The van der Waals surface area contributed by atoms with Crippen molar-refractivity contribution >= 4 is 38.7 Å². The first-order valence-electron chi connectivity index (χ1n) is 10.2. The van der Waals surface area contributed by atoms with Gasteiger partial charge in [-0.3, -0.25) is 4.79 Å². The molecule has 5 nitrogen and oxygen atoms in total. The van der Waals surface area contributed by atoms with Gasteiger partial charge in [0.15, 0.2) is 0 Å². The van der Waals surface area contributed by atoms with E-state index < -0.39 is 0 Å². The van der Waals surface area contributed by atoms with Gasteiger partial charge < -0.3 is 20.5 Å². The number of nitrogens with zero attached hydrogens (tertiary/aromatic N) is 1. The van der Waals surface area contributed by atoms with Crippen molar-refractivity contribution in [2.75, 3.05) is 6.54 Å². The number of fused-ring (bicyclic) bond motifs is 4. The Morgan fingerprint density at radius 3 is 2.63 bits per heavy atom. The average molecular weight is 397 g/mol. The van der Waals surface area contributed by atoms with Gasteiger partial charge in [0.2, 0.25) is 5.91 Å². The fourth-order valence-electron chi connectivity index (χ4n) is 4.32. The lowest BCUT2D eigenvalue weighted by molar-refractivity contribution is -0.118. The molecule has 0 aliphatic carbocycles. The second-order valence-electron chi connectivity index (χ2n) is 7.61. The zero-order chi connectivity index (χ0) is 20.7. The molecular formula is C25H23N3O2. The summed E-state index contributed by atoms with van der Waals surface area (Å²) in [4.78, 5) is 11.3. The van der Waals surface area contributed by atoms with Crippen LogP contribution in [0, 0.1) is 0 Å². The number of hydrogen-bond donors (Lipinski definition) is 2. The third-order valence-corrected chi connectivity index (χ3v) is 5.69. The molecular weight excluding hydrogens is 374 g/mol. The van der Waals surface area contributed by atoms with Crippen LogP contribution in [0.3, 0.4) is 0 Å². The van der Waals surface area contributed by atoms with Crippen LogP contribution in [-0.4, -0.2) is 17.0 Å². The summed E-state index contributed by atoms with van der Waals surface area (Å²) in [5.74, 6) is -0.299. The van der Waals surface area contributed by atoms with Crippen LogP contribution in [0.15, 0.2) is 71.3 Å². The Balaban J connectivity index is 1.70. The van der Waals surface area contributed by atoms with E-state index in [9.17, 15) is 4.79 Å². The van der Waals surface area contributed by atoms with Gasteiger partial charge in [-0.25, -0.2) is 0 Å². The van der Waals surface area contributed by atoms with E-state index in [1.54, 1.807) is 0 Å². The summed E-state index contributed by atoms with van der Waals surface area (Å²) >= 11 is 0. The number of benzene rings is 3. The van der Waals surface area contributed by atoms with Crippen molar-refractivity contribution < 1.29 is 9.21 Å². The smallest absolute Gasteiger partial charge is 0.219 e. The Hall–Kier alpha value is -3.57. The molecule has 0 aliphatic rings. The Kier molecular flexibility index (Phi) is 4.52. The second-order valence-corrected chi connectivity index (χ2v) is 7.61. The van der Waals surface area contributed by atoms with Gasteiger partial charge in [0, 0.05) is 40.8 Å². The van der Waals surface area contributed by atoms with Gasteiger partial charge in [0.1, 0.15) is 11.2 Å². The summed E-state index contributed by atoms with van der Waals surface area (Å²) in [5, 5.41) is 3.40. The minimum atomic E-state index is -0.299. The van der Waals surface area contributed by atoms with Crippen LogP contribution in [0.4, 0.5) is 0 Å². The van der Waals surface area contributed by atoms with Gasteiger partial charge in [-0.1, -0.05) is 36.4 Å². The minimum Gasteiger partial charge on any atom is -0.456 e. The highest BCUT2D eigenvalue weighted by Crippen LogP contribution is 2.38. The third kappa shape index (κ3) is 3.04. The van der Waals surface area contributed by atoms with Crippen LogP contribution >= 0.6 is 0 Å². The highest BCUT2D eigenvalue weighted by atomic mass is 16.3. The van der Waals surface area contributed by atoms with E-state index in [0.29, 0.717) is 19.5 Å². The molecule has 2 aromatic heterocycles. The third-order valence-electron chi connectivity index (χ3n) is 5.69. The Morgan fingerprint density at radius 2 is 1.80 bits per heavy atom. The number of primary amides is 1. The first kappa shape index (κ1) is 18.5. The van der Waals surface area contributed by atoms with E-state index >= 15 is 0 Å². The fraction of sp³-hybridized carbons (Fsp3) is 0.160. The number of para-hydroxylation sites is 1. The van der Waals surface area contributed by atoms with E-state index in [0.717, 1.165) is 50.4 Å². The van der Waals surface area contributed by atoms with Gasteiger partial charge in [0.05, 0.1) is 0 Å². The minimum absolute atomic E-state index is 0.299. The molecule has 30 heavy (non-hydrogen) atoms. The molecule has 150 valence electrons. The van der Waals surface area contributed by atoms with Crippen LogP contribution in [0.5, 0.6) is 0 Å². The van der Waals surface area contributed by atoms with Crippen LogP contribution < -0.4 is 11.5 Å². The van der Waals surface area contributed by atoms with Crippen molar-refractivity contribution in [2.45, 2.75) is 19.4 Å². The fourth-order valence-corrected chi connectivity index (χ4v) is 4.32. The van der Waals surface area contributed by atoms with Crippen LogP contribution in [0.25, 0.3) is 44.0 Å². The van der Waals surface area contributed by atoms with Crippen LogP contribution in [0.1, 0.15) is 12.0 Å². The SMILES string of the molecule is NCCc1cn(CCC(N)=O)c2ccc(-c3cccc4oc5ccccc5c34)cc12. The number of nitrogens with two attached hydrogens (primary N) is 2. The largest absolute Gasteiger partial charge is 0.456 e. The first-order valence-corrected chi connectivity index (χ1v) is 10.2. The molecule has 0 unspecified atom stereocenters. The monoisotopic (exact) mass is 397 g/mol. The van der Waals surface area contributed by atoms with Crippen molar-refractivity contribution in [3.63, 3.8) is 0 Å².